The number of nitrogens with zero attached hydrogens (tertiary/aromatic N) is 2. The lowest BCUT2D eigenvalue weighted by Crippen LogP contribution is -2.39. The summed E-state index contributed by atoms with van der Waals surface area (Å²) in [7, 11) is 0. The van der Waals surface area contributed by atoms with Gasteiger partial charge in [-0.3, -0.25) is 14.6 Å². The van der Waals surface area contributed by atoms with E-state index in [1.165, 1.54) is 5.57 Å². The largest absolute Gasteiger partial charge is 0.481 e. The molecule has 2 aliphatic carbocycles. The van der Waals surface area contributed by atoms with Crippen molar-refractivity contribution in [3.8, 4) is 0 Å². The molecular formula is C27H38N4O3. The van der Waals surface area contributed by atoms with Crippen LogP contribution in [-0.4, -0.2) is 38.5 Å². The van der Waals surface area contributed by atoms with Crippen molar-refractivity contribution in [2.45, 2.75) is 72.1 Å². The summed E-state index contributed by atoms with van der Waals surface area (Å²) in [4.78, 5) is 36.5. The molecule has 0 spiro atoms. The number of aromatic amines is 1. The van der Waals surface area contributed by atoms with Gasteiger partial charge in [0.05, 0.1) is 23.7 Å². The second-order valence-electron chi connectivity index (χ2n) is 11.0. The third kappa shape index (κ3) is 5.68. The third-order valence-corrected chi connectivity index (χ3v) is 8.12. The number of H-pyrrole nitrogens is 1. The highest BCUT2D eigenvalue weighted by Crippen LogP contribution is 2.44. The van der Waals surface area contributed by atoms with E-state index in [0.717, 1.165) is 55.4 Å². The maximum absolute atomic E-state index is 12.8. The SMILES string of the molecule is CC1=CC(CNC(=O)CC2(CC(=O)O)CCCC2)C(C(C)C)CC1Cc1nc2ccncc2[nH]1. The van der Waals surface area contributed by atoms with E-state index in [4.69, 9.17) is 4.98 Å². The standard InChI is InChI=1S/C27H38N4O3/c1-17(2)21-11-19(12-24-30-22-6-9-28-16-23(22)31-24)18(3)10-20(21)15-29-25(32)13-27(14-26(33)34)7-4-5-8-27/h6,9-10,16-17,19-21H,4-5,7-8,11-15H2,1-3H3,(H,29,32)(H,30,31)(H,33,34). The minimum Gasteiger partial charge on any atom is -0.481 e. The molecule has 2 heterocycles. The Balaban J connectivity index is 1.39. The highest BCUT2D eigenvalue weighted by Gasteiger charge is 2.38. The van der Waals surface area contributed by atoms with E-state index in [-0.39, 0.29) is 17.7 Å². The Bertz CT molecular complexity index is 1020. The summed E-state index contributed by atoms with van der Waals surface area (Å²) in [5.41, 5.74) is 2.91. The summed E-state index contributed by atoms with van der Waals surface area (Å²) in [5.74, 6) is 1.88. The maximum Gasteiger partial charge on any atom is 0.303 e. The molecule has 7 nitrogen and oxygen atoms in total. The minimum atomic E-state index is -0.799. The van der Waals surface area contributed by atoms with Crippen LogP contribution in [0.4, 0.5) is 0 Å². The first-order chi connectivity index (χ1) is 16.2. The normalized spacial score (nSPS) is 24.4. The smallest absolute Gasteiger partial charge is 0.303 e. The molecule has 2 aromatic heterocycles. The number of carboxylic acid groups (broad SMARTS) is 1. The van der Waals surface area contributed by atoms with Crippen molar-refractivity contribution in [3.05, 3.63) is 35.9 Å². The van der Waals surface area contributed by atoms with Crippen LogP contribution in [0.25, 0.3) is 11.0 Å². The Hall–Kier alpha value is -2.70. The second-order valence-corrected chi connectivity index (χ2v) is 11.0. The topological polar surface area (TPSA) is 108 Å². The molecule has 7 heteroatoms. The van der Waals surface area contributed by atoms with Gasteiger partial charge in [0.1, 0.15) is 5.82 Å². The van der Waals surface area contributed by atoms with E-state index < -0.39 is 5.97 Å². The number of fused-ring (bicyclic) bond motifs is 1. The Morgan fingerprint density at radius 2 is 2.03 bits per heavy atom. The fourth-order valence-corrected chi connectivity index (χ4v) is 6.24. The van der Waals surface area contributed by atoms with Gasteiger partial charge in [0.15, 0.2) is 0 Å². The van der Waals surface area contributed by atoms with Crippen LogP contribution in [0.2, 0.25) is 0 Å². The fraction of sp³-hybridized carbons (Fsp3) is 0.630. The molecule has 34 heavy (non-hydrogen) atoms. The zero-order valence-corrected chi connectivity index (χ0v) is 20.6. The highest BCUT2D eigenvalue weighted by molar-refractivity contribution is 5.78. The van der Waals surface area contributed by atoms with E-state index >= 15 is 0 Å². The molecule has 3 unspecified atom stereocenters. The Morgan fingerprint density at radius 3 is 2.71 bits per heavy atom. The zero-order valence-electron chi connectivity index (χ0n) is 20.6. The predicted molar refractivity (Wildman–Crippen MR) is 132 cm³/mol. The molecule has 0 aliphatic heterocycles. The quantitative estimate of drug-likeness (QED) is 0.456. The van der Waals surface area contributed by atoms with Gasteiger partial charge in [-0.25, -0.2) is 4.98 Å². The number of allylic oxidation sites excluding steroid dienone is 1. The third-order valence-electron chi connectivity index (χ3n) is 8.12. The fourth-order valence-electron chi connectivity index (χ4n) is 6.24. The van der Waals surface area contributed by atoms with Crippen LogP contribution in [0.1, 0.15) is 71.5 Å². The molecule has 3 N–H and O–H groups in total. The van der Waals surface area contributed by atoms with E-state index in [1.54, 1.807) is 6.20 Å². The molecule has 4 rings (SSSR count). The monoisotopic (exact) mass is 466 g/mol. The molecule has 1 fully saturated rings. The number of carbonyl (C=O) groups excluding carboxylic acids is 1. The Morgan fingerprint density at radius 1 is 1.26 bits per heavy atom. The van der Waals surface area contributed by atoms with Crippen molar-refractivity contribution in [3.63, 3.8) is 0 Å². The summed E-state index contributed by atoms with van der Waals surface area (Å²) in [5, 5.41) is 12.5. The number of aromatic nitrogens is 3. The molecule has 3 atom stereocenters. The van der Waals surface area contributed by atoms with Crippen molar-refractivity contribution in [1.29, 1.82) is 0 Å². The number of hydrogen-bond donors (Lipinski definition) is 3. The molecule has 1 saturated carbocycles. The lowest BCUT2D eigenvalue weighted by molar-refractivity contribution is -0.140. The number of hydrogen-bond acceptors (Lipinski definition) is 4. The maximum atomic E-state index is 12.8. The van der Waals surface area contributed by atoms with Gasteiger partial charge in [-0.15, -0.1) is 0 Å². The lowest BCUT2D eigenvalue weighted by Gasteiger charge is -2.37. The summed E-state index contributed by atoms with van der Waals surface area (Å²) < 4.78 is 0. The zero-order chi connectivity index (χ0) is 24.3. The van der Waals surface area contributed by atoms with Gasteiger partial charge in [-0.1, -0.05) is 38.3 Å². The molecule has 0 radical (unpaired) electrons. The van der Waals surface area contributed by atoms with E-state index in [2.05, 4.69) is 42.1 Å². The van der Waals surface area contributed by atoms with Gasteiger partial charge in [0, 0.05) is 25.6 Å². The van der Waals surface area contributed by atoms with Gasteiger partial charge in [-0.05, 0) is 61.3 Å². The number of pyridine rings is 1. The van der Waals surface area contributed by atoms with Crippen LogP contribution in [0, 0.1) is 29.1 Å². The average molecular weight is 467 g/mol. The number of imidazole rings is 1. The number of carboxylic acids is 1. The average Bonchev–Trinajstić information content (AvgIpc) is 3.39. The van der Waals surface area contributed by atoms with E-state index in [0.29, 0.717) is 36.6 Å². The first-order valence-corrected chi connectivity index (χ1v) is 12.7. The number of amides is 1. The summed E-state index contributed by atoms with van der Waals surface area (Å²) >= 11 is 0. The highest BCUT2D eigenvalue weighted by atomic mass is 16.4. The Kier molecular flexibility index (Phi) is 7.39. The number of nitrogens with one attached hydrogen (secondary N) is 2. The van der Waals surface area contributed by atoms with Gasteiger partial charge >= 0.3 is 5.97 Å². The molecule has 184 valence electrons. The van der Waals surface area contributed by atoms with Crippen molar-refractivity contribution in [2.24, 2.45) is 29.1 Å². The molecule has 1 amide bonds. The molecule has 0 saturated heterocycles. The summed E-state index contributed by atoms with van der Waals surface area (Å²) in [6, 6.07) is 1.93. The molecular weight excluding hydrogens is 428 g/mol. The first-order valence-electron chi connectivity index (χ1n) is 12.7. The van der Waals surface area contributed by atoms with E-state index in [1.807, 2.05) is 12.3 Å². The summed E-state index contributed by atoms with van der Waals surface area (Å²) in [6.07, 6.45) is 12.0. The Labute approximate surface area is 201 Å². The first kappa shape index (κ1) is 24.4. The molecule has 0 bridgehead atoms. The van der Waals surface area contributed by atoms with Crippen LogP contribution >= 0.6 is 0 Å². The second kappa shape index (κ2) is 10.3. The van der Waals surface area contributed by atoms with Crippen molar-refractivity contribution < 1.29 is 14.7 Å². The summed E-state index contributed by atoms with van der Waals surface area (Å²) in [6.45, 7) is 7.34. The number of rotatable bonds is 9. The van der Waals surface area contributed by atoms with E-state index in [9.17, 15) is 14.7 Å². The number of aliphatic carboxylic acids is 1. The van der Waals surface area contributed by atoms with Crippen molar-refractivity contribution in [1.82, 2.24) is 20.3 Å². The molecule has 2 aliphatic rings. The van der Waals surface area contributed by atoms with Gasteiger partial charge < -0.3 is 15.4 Å². The van der Waals surface area contributed by atoms with Gasteiger partial charge in [0.25, 0.3) is 0 Å². The van der Waals surface area contributed by atoms with Crippen LogP contribution in [0.5, 0.6) is 0 Å². The van der Waals surface area contributed by atoms with Crippen molar-refractivity contribution in [2.75, 3.05) is 6.54 Å². The minimum absolute atomic E-state index is 0.00489. The molecule has 2 aromatic rings. The van der Waals surface area contributed by atoms with Crippen LogP contribution in [-0.2, 0) is 16.0 Å². The van der Waals surface area contributed by atoms with Crippen molar-refractivity contribution >= 4 is 22.9 Å². The van der Waals surface area contributed by atoms with Gasteiger partial charge in [-0.2, -0.15) is 0 Å². The molecule has 0 aromatic carbocycles. The predicted octanol–water partition coefficient (Wildman–Crippen LogP) is 4.90. The van der Waals surface area contributed by atoms with Crippen LogP contribution in [0.15, 0.2) is 30.1 Å². The number of carbonyl (C=O) groups is 2. The van der Waals surface area contributed by atoms with Crippen LogP contribution < -0.4 is 5.32 Å². The lowest BCUT2D eigenvalue weighted by atomic mass is 9.69. The van der Waals surface area contributed by atoms with Gasteiger partial charge in [0.2, 0.25) is 5.91 Å². The van der Waals surface area contributed by atoms with Crippen LogP contribution in [0.3, 0.4) is 0 Å².